The van der Waals surface area contributed by atoms with Gasteiger partial charge in [0.25, 0.3) is 0 Å². The Balaban J connectivity index is 2.53. The normalized spacial score (nSPS) is 12.6. The summed E-state index contributed by atoms with van der Waals surface area (Å²) >= 11 is 6.21. The van der Waals surface area contributed by atoms with Gasteiger partial charge >= 0.3 is 0 Å². The standard InChI is InChI=1S/C15H18ClF2N3/c1-3-7-21-15(12(16)9-20-21)14(19-4-2)11-8-10(17)5-6-13(11)18/h5-6,8-9,14,19H,3-4,7H2,1-2H3. The van der Waals surface area contributed by atoms with Crippen molar-refractivity contribution >= 4 is 11.6 Å². The Morgan fingerprint density at radius 2 is 2.10 bits per heavy atom. The number of benzene rings is 1. The third kappa shape index (κ3) is 3.41. The molecule has 0 aliphatic heterocycles. The van der Waals surface area contributed by atoms with Crippen LogP contribution in [0.2, 0.25) is 5.02 Å². The largest absolute Gasteiger partial charge is 0.305 e. The maximum Gasteiger partial charge on any atom is 0.128 e. The van der Waals surface area contributed by atoms with Gasteiger partial charge in [-0.1, -0.05) is 25.4 Å². The Bertz CT molecular complexity index is 613. The van der Waals surface area contributed by atoms with Gasteiger partial charge in [0.2, 0.25) is 0 Å². The minimum atomic E-state index is -0.535. The van der Waals surface area contributed by atoms with E-state index in [1.165, 1.54) is 12.3 Å². The lowest BCUT2D eigenvalue weighted by Gasteiger charge is -2.21. The number of hydrogen-bond acceptors (Lipinski definition) is 2. The average Bonchev–Trinajstić information content (AvgIpc) is 2.81. The highest BCUT2D eigenvalue weighted by Crippen LogP contribution is 2.30. The van der Waals surface area contributed by atoms with Crippen LogP contribution in [0.5, 0.6) is 0 Å². The molecule has 1 aromatic carbocycles. The van der Waals surface area contributed by atoms with E-state index >= 15 is 0 Å². The van der Waals surface area contributed by atoms with Crippen LogP contribution in [0.25, 0.3) is 0 Å². The summed E-state index contributed by atoms with van der Waals surface area (Å²) in [5.74, 6) is -0.949. The number of nitrogens with one attached hydrogen (secondary N) is 1. The highest BCUT2D eigenvalue weighted by atomic mass is 35.5. The molecule has 6 heteroatoms. The van der Waals surface area contributed by atoms with Crippen LogP contribution in [0.4, 0.5) is 8.78 Å². The maximum atomic E-state index is 14.1. The SMILES string of the molecule is CCCn1ncc(Cl)c1C(NCC)c1cc(F)ccc1F. The second-order valence-corrected chi connectivity index (χ2v) is 5.16. The number of aryl methyl sites for hydroxylation is 1. The van der Waals surface area contributed by atoms with Gasteiger partial charge in [0, 0.05) is 12.1 Å². The molecule has 2 rings (SSSR count). The molecule has 114 valence electrons. The Morgan fingerprint density at radius 3 is 2.76 bits per heavy atom. The lowest BCUT2D eigenvalue weighted by Crippen LogP contribution is -2.26. The fourth-order valence-electron chi connectivity index (χ4n) is 2.34. The minimum Gasteiger partial charge on any atom is -0.305 e. The summed E-state index contributed by atoms with van der Waals surface area (Å²) in [6.45, 7) is 5.18. The molecule has 0 saturated carbocycles. The molecule has 2 aromatic rings. The molecule has 0 spiro atoms. The molecule has 1 N–H and O–H groups in total. The zero-order valence-corrected chi connectivity index (χ0v) is 12.8. The first kappa shape index (κ1) is 15.9. The molecule has 0 saturated heterocycles. The van der Waals surface area contributed by atoms with E-state index in [1.54, 1.807) is 4.68 Å². The van der Waals surface area contributed by atoms with Gasteiger partial charge in [0.05, 0.1) is 23.0 Å². The first-order valence-corrected chi connectivity index (χ1v) is 7.35. The van der Waals surface area contributed by atoms with Crippen LogP contribution in [0.15, 0.2) is 24.4 Å². The number of halogens is 3. The average molecular weight is 314 g/mol. The van der Waals surface area contributed by atoms with E-state index in [2.05, 4.69) is 10.4 Å². The molecule has 3 nitrogen and oxygen atoms in total. The van der Waals surface area contributed by atoms with Crippen molar-refractivity contribution in [3.05, 3.63) is 52.3 Å². The zero-order chi connectivity index (χ0) is 15.4. The summed E-state index contributed by atoms with van der Waals surface area (Å²) in [6.07, 6.45) is 2.41. The van der Waals surface area contributed by atoms with Crippen molar-refractivity contribution in [2.45, 2.75) is 32.9 Å². The van der Waals surface area contributed by atoms with Gasteiger partial charge in [-0.3, -0.25) is 4.68 Å². The van der Waals surface area contributed by atoms with Crippen LogP contribution in [-0.2, 0) is 6.54 Å². The Hall–Kier alpha value is -1.46. The van der Waals surface area contributed by atoms with Crippen LogP contribution < -0.4 is 5.32 Å². The lowest BCUT2D eigenvalue weighted by molar-refractivity contribution is 0.497. The monoisotopic (exact) mass is 313 g/mol. The summed E-state index contributed by atoms with van der Waals surface area (Å²) in [6, 6.07) is 2.89. The van der Waals surface area contributed by atoms with E-state index in [9.17, 15) is 8.78 Å². The van der Waals surface area contributed by atoms with Crippen molar-refractivity contribution < 1.29 is 8.78 Å². The first-order valence-electron chi connectivity index (χ1n) is 6.98. The van der Waals surface area contributed by atoms with Crippen LogP contribution in [-0.4, -0.2) is 16.3 Å². The summed E-state index contributed by atoms with van der Waals surface area (Å²) in [7, 11) is 0. The molecule has 1 heterocycles. The molecule has 1 aromatic heterocycles. The fraction of sp³-hybridized carbons (Fsp3) is 0.400. The van der Waals surface area contributed by atoms with Crippen molar-refractivity contribution in [1.29, 1.82) is 0 Å². The van der Waals surface area contributed by atoms with Crippen molar-refractivity contribution in [2.75, 3.05) is 6.54 Å². The molecular weight excluding hydrogens is 296 g/mol. The highest BCUT2D eigenvalue weighted by molar-refractivity contribution is 6.31. The van der Waals surface area contributed by atoms with E-state index in [-0.39, 0.29) is 5.56 Å². The number of aromatic nitrogens is 2. The van der Waals surface area contributed by atoms with Crippen LogP contribution in [0.3, 0.4) is 0 Å². The zero-order valence-electron chi connectivity index (χ0n) is 12.0. The molecule has 21 heavy (non-hydrogen) atoms. The molecule has 0 aliphatic rings. The quantitative estimate of drug-likeness (QED) is 0.876. The van der Waals surface area contributed by atoms with Gasteiger partial charge in [-0.25, -0.2) is 8.78 Å². The summed E-state index contributed by atoms with van der Waals surface area (Å²) in [4.78, 5) is 0. The molecular formula is C15H18ClF2N3. The fourth-order valence-corrected chi connectivity index (χ4v) is 2.59. The highest BCUT2D eigenvalue weighted by Gasteiger charge is 2.24. The first-order chi connectivity index (χ1) is 10.1. The predicted molar refractivity (Wildman–Crippen MR) is 79.4 cm³/mol. The van der Waals surface area contributed by atoms with Crippen LogP contribution in [0.1, 0.15) is 37.6 Å². The molecule has 1 unspecified atom stereocenters. The summed E-state index contributed by atoms with van der Waals surface area (Å²) in [5.41, 5.74) is 0.890. The van der Waals surface area contributed by atoms with Gasteiger partial charge in [-0.15, -0.1) is 0 Å². The van der Waals surface area contributed by atoms with E-state index < -0.39 is 17.7 Å². The third-order valence-corrected chi connectivity index (χ3v) is 3.51. The topological polar surface area (TPSA) is 29.9 Å². The molecule has 0 radical (unpaired) electrons. The third-order valence-electron chi connectivity index (χ3n) is 3.22. The van der Waals surface area contributed by atoms with Gasteiger partial charge < -0.3 is 5.32 Å². The second-order valence-electron chi connectivity index (χ2n) is 4.76. The van der Waals surface area contributed by atoms with Crippen LogP contribution in [0, 0.1) is 11.6 Å². The van der Waals surface area contributed by atoms with Gasteiger partial charge in [0.1, 0.15) is 11.6 Å². The smallest absolute Gasteiger partial charge is 0.128 e. The molecule has 0 amide bonds. The Morgan fingerprint density at radius 1 is 1.33 bits per heavy atom. The van der Waals surface area contributed by atoms with Gasteiger partial charge in [0.15, 0.2) is 0 Å². The Kier molecular flexibility index (Phi) is 5.31. The molecule has 1 atom stereocenters. The maximum absolute atomic E-state index is 14.1. The van der Waals surface area contributed by atoms with Crippen molar-refractivity contribution in [3.63, 3.8) is 0 Å². The number of hydrogen-bond donors (Lipinski definition) is 1. The van der Waals surface area contributed by atoms with E-state index in [1.807, 2.05) is 13.8 Å². The lowest BCUT2D eigenvalue weighted by atomic mass is 10.0. The summed E-state index contributed by atoms with van der Waals surface area (Å²) < 4.78 is 29.3. The molecule has 0 aliphatic carbocycles. The van der Waals surface area contributed by atoms with E-state index in [0.29, 0.717) is 23.8 Å². The van der Waals surface area contributed by atoms with E-state index in [4.69, 9.17) is 11.6 Å². The van der Waals surface area contributed by atoms with Crippen molar-refractivity contribution in [2.24, 2.45) is 0 Å². The van der Waals surface area contributed by atoms with Crippen LogP contribution >= 0.6 is 11.6 Å². The Labute approximate surface area is 127 Å². The van der Waals surface area contributed by atoms with Crippen molar-refractivity contribution in [1.82, 2.24) is 15.1 Å². The number of rotatable bonds is 6. The molecule has 0 fully saturated rings. The van der Waals surface area contributed by atoms with Gasteiger partial charge in [-0.05, 0) is 31.2 Å². The number of nitrogens with zero attached hydrogens (tertiary/aromatic N) is 2. The summed E-state index contributed by atoms with van der Waals surface area (Å²) in [5, 5.41) is 7.81. The minimum absolute atomic E-state index is 0.233. The van der Waals surface area contributed by atoms with Gasteiger partial charge in [-0.2, -0.15) is 5.10 Å². The predicted octanol–water partition coefficient (Wildman–Crippen LogP) is 3.92. The second kappa shape index (κ2) is 7.00. The molecule has 0 bridgehead atoms. The van der Waals surface area contributed by atoms with E-state index in [0.717, 1.165) is 18.6 Å². The van der Waals surface area contributed by atoms with Crippen molar-refractivity contribution in [3.8, 4) is 0 Å².